The molecule has 0 saturated carbocycles. The van der Waals surface area contributed by atoms with Crippen LogP contribution in [0.5, 0.6) is 0 Å². The van der Waals surface area contributed by atoms with E-state index in [0.717, 1.165) is 17.8 Å². The number of nitrogens with zero attached hydrogens (tertiary/aromatic N) is 4. The van der Waals surface area contributed by atoms with Gasteiger partial charge in [-0.1, -0.05) is 0 Å². The van der Waals surface area contributed by atoms with Gasteiger partial charge in [0.15, 0.2) is 0 Å². The zero-order valence-electron chi connectivity index (χ0n) is 15.4. The van der Waals surface area contributed by atoms with E-state index in [1.807, 2.05) is 31.6 Å². The van der Waals surface area contributed by atoms with Crippen LogP contribution in [0.4, 0.5) is 5.69 Å². The number of amides is 2. The lowest BCUT2D eigenvalue weighted by atomic mass is 9.90. The van der Waals surface area contributed by atoms with Crippen LogP contribution >= 0.6 is 0 Å². The Balaban J connectivity index is 1.45. The molecule has 1 saturated heterocycles. The molecule has 28 heavy (non-hydrogen) atoms. The lowest BCUT2D eigenvalue weighted by Gasteiger charge is -2.17. The largest absolute Gasteiger partial charge is 0.364 e. The molecular weight excluding hydrogens is 358 g/mol. The summed E-state index contributed by atoms with van der Waals surface area (Å²) in [5.74, 6) is -0.657. The molecule has 1 fully saturated rings. The highest BCUT2D eigenvalue weighted by molar-refractivity contribution is 5.93. The fraction of sp³-hybridized carbons (Fsp3) is 0.263. The predicted octanol–water partition coefficient (Wildman–Crippen LogP) is 0.646. The van der Waals surface area contributed by atoms with Crippen molar-refractivity contribution in [2.24, 2.45) is 18.7 Å². The molecule has 9 nitrogen and oxygen atoms in total. The molecule has 4 rings (SSSR count). The highest BCUT2D eigenvalue weighted by Crippen LogP contribution is 2.29. The highest BCUT2D eigenvalue weighted by atomic mass is 16.2. The number of nitrogens with one attached hydrogen (secondary N) is 2. The fourth-order valence-electron chi connectivity index (χ4n) is 3.47. The molecule has 1 aliphatic heterocycles. The molecule has 3 aromatic rings. The van der Waals surface area contributed by atoms with Gasteiger partial charge in [0, 0.05) is 44.1 Å². The van der Waals surface area contributed by atoms with Crippen LogP contribution in [0, 0.1) is 5.92 Å². The van der Waals surface area contributed by atoms with Crippen LogP contribution < -0.4 is 16.4 Å². The normalized spacial score (nSPS) is 18.9. The third-order valence-corrected chi connectivity index (χ3v) is 4.94. The summed E-state index contributed by atoms with van der Waals surface area (Å²) in [5.41, 5.74) is 7.96. The van der Waals surface area contributed by atoms with E-state index in [2.05, 4.69) is 20.8 Å². The highest BCUT2D eigenvalue weighted by Gasteiger charge is 2.34. The summed E-state index contributed by atoms with van der Waals surface area (Å²) in [4.78, 5) is 24.0. The Labute approximate surface area is 161 Å². The van der Waals surface area contributed by atoms with Crippen LogP contribution in [0.25, 0.3) is 5.69 Å². The van der Waals surface area contributed by atoms with Gasteiger partial charge in [-0.2, -0.15) is 10.2 Å². The van der Waals surface area contributed by atoms with Crippen LogP contribution in [0.1, 0.15) is 22.0 Å². The van der Waals surface area contributed by atoms with Crippen LogP contribution in [0.2, 0.25) is 0 Å². The number of anilines is 1. The quantitative estimate of drug-likeness (QED) is 0.601. The number of carbonyl (C=O) groups excluding carboxylic acids is 2. The molecule has 9 heteroatoms. The van der Waals surface area contributed by atoms with Gasteiger partial charge in [0.2, 0.25) is 5.91 Å². The average Bonchev–Trinajstić information content (AvgIpc) is 3.42. The van der Waals surface area contributed by atoms with Crippen molar-refractivity contribution in [1.29, 1.82) is 0 Å². The Hall–Kier alpha value is -3.46. The molecular formula is C19H21N7O2. The Morgan fingerprint density at radius 2 is 2.00 bits per heavy atom. The standard InChI is InChI=1S/C19H21N7O2/c1-25-11-12(8-22-25)15-9-21-10-16(15)19(28)23-13-2-4-14(5-3-13)26-7-6-17(24-26)18(20)27/h2-8,11,15-16,21H,9-10H2,1H3,(H2,20,27)(H,23,28)/t15-,16+/m1/s1. The molecule has 4 N–H and O–H groups in total. The zero-order chi connectivity index (χ0) is 19.7. The van der Waals surface area contributed by atoms with Gasteiger partial charge in [-0.3, -0.25) is 14.3 Å². The Morgan fingerprint density at radius 3 is 2.64 bits per heavy atom. The average molecular weight is 379 g/mol. The maximum absolute atomic E-state index is 12.8. The van der Waals surface area contributed by atoms with Crippen molar-refractivity contribution in [3.8, 4) is 5.69 Å². The number of hydrogen-bond donors (Lipinski definition) is 3. The van der Waals surface area contributed by atoms with E-state index >= 15 is 0 Å². The maximum Gasteiger partial charge on any atom is 0.269 e. The number of rotatable bonds is 5. The second-order valence-corrected chi connectivity index (χ2v) is 6.86. The first-order valence-corrected chi connectivity index (χ1v) is 8.97. The van der Waals surface area contributed by atoms with Crippen LogP contribution in [-0.4, -0.2) is 44.5 Å². The maximum atomic E-state index is 12.8. The van der Waals surface area contributed by atoms with Crippen LogP contribution in [0.3, 0.4) is 0 Å². The Bertz CT molecular complexity index is 1010. The fourth-order valence-corrected chi connectivity index (χ4v) is 3.47. The number of aromatic nitrogens is 4. The summed E-state index contributed by atoms with van der Waals surface area (Å²) in [7, 11) is 1.87. The van der Waals surface area contributed by atoms with Gasteiger partial charge in [-0.25, -0.2) is 4.68 Å². The van der Waals surface area contributed by atoms with Crippen LogP contribution in [0.15, 0.2) is 48.9 Å². The van der Waals surface area contributed by atoms with Crippen molar-refractivity contribution in [3.05, 3.63) is 60.2 Å². The zero-order valence-corrected chi connectivity index (χ0v) is 15.4. The minimum absolute atomic E-state index is 0.0262. The van der Waals surface area contributed by atoms with Crippen molar-refractivity contribution >= 4 is 17.5 Å². The second kappa shape index (κ2) is 7.28. The molecule has 2 amide bonds. The van der Waals surface area contributed by atoms with E-state index in [1.165, 1.54) is 0 Å². The molecule has 144 valence electrons. The minimum atomic E-state index is -0.573. The molecule has 0 aliphatic carbocycles. The molecule has 0 radical (unpaired) electrons. The lowest BCUT2D eigenvalue weighted by molar-refractivity contribution is -0.119. The van der Waals surface area contributed by atoms with Crippen molar-refractivity contribution in [3.63, 3.8) is 0 Å². The molecule has 1 aliphatic rings. The van der Waals surface area contributed by atoms with Crippen LogP contribution in [-0.2, 0) is 11.8 Å². The SMILES string of the molecule is Cn1cc([C@H]2CNC[C@@H]2C(=O)Nc2ccc(-n3ccc(C(N)=O)n3)cc2)cn1. The molecule has 2 atom stereocenters. The number of hydrogen-bond acceptors (Lipinski definition) is 5. The van der Waals surface area contributed by atoms with Gasteiger partial charge in [0.05, 0.1) is 17.8 Å². The topological polar surface area (TPSA) is 120 Å². The summed E-state index contributed by atoms with van der Waals surface area (Å²) in [6, 6.07) is 8.81. The Morgan fingerprint density at radius 1 is 1.21 bits per heavy atom. The van der Waals surface area contributed by atoms with E-state index < -0.39 is 5.91 Å². The first-order chi connectivity index (χ1) is 13.5. The van der Waals surface area contributed by atoms with Crippen molar-refractivity contribution in [2.45, 2.75) is 5.92 Å². The monoisotopic (exact) mass is 379 g/mol. The summed E-state index contributed by atoms with van der Waals surface area (Å²) >= 11 is 0. The van der Waals surface area contributed by atoms with Crippen molar-refractivity contribution < 1.29 is 9.59 Å². The summed E-state index contributed by atoms with van der Waals surface area (Å²) < 4.78 is 3.31. The number of aryl methyl sites for hydroxylation is 1. The van der Waals surface area contributed by atoms with Crippen molar-refractivity contribution in [1.82, 2.24) is 24.9 Å². The number of benzene rings is 1. The van der Waals surface area contributed by atoms with Gasteiger partial charge in [-0.15, -0.1) is 0 Å². The smallest absolute Gasteiger partial charge is 0.269 e. The molecule has 2 aromatic heterocycles. The molecule has 0 spiro atoms. The summed E-state index contributed by atoms with van der Waals surface area (Å²) in [5, 5.41) is 14.6. The van der Waals surface area contributed by atoms with Gasteiger partial charge in [-0.05, 0) is 35.9 Å². The van der Waals surface area contributed by atoms with Crippen molar-refractivity contribution in [2.75, 3.05) is 18.4 Å². The molecule has 0 unspecified atom stereocenters. The van der Waals surface area contributed by atoms with Gasteiger partial charge < -0.3 is 16.4 Å². The van der Waals surface area contributed by atoms with E-state index in [0.29, 0.717) is 12.2 Å². The first-order valence-electron chi connectivity index (χ1n) is 8.97. The molecule has 0 bridgehead atoms. The lowest BCUT2D eigenvalue weighted by Crippen LogP contribution is -2.28. The summed E-state index contributed by atoms with van der Waals surface area (Å²) in [6.07, 6.45) is 5.44. The third kappa shape index (κ3) is 3.52. The summed E-state index contributed by atoms with van der Waals surface area (Å²) in [6.45, 7) is 1.39. The second-order valence-electron chi connectivity index (χ2n) is 6.86. The minimum Gasteiger partial charge on any atom is -0.364 e. The van der Waals surface area contributed by atoms with E-state index in [-0.39, 0.29) is 23.4 Å². The first kappa shape index (κ1) is 17.9. The van der Waals surface area contributed by atoms with E-state index in [9.17, 15) is 9.59 Å². The Kier molecular flexibility index (Phi) is 4.66. The third-order valence-electron chi connectivity index (χ3n) is 4.94. The number of primary amides is 1. The molecule has 3 heterocycles. The number of nitrogens with two attached hydrogens (primary N) is 1. The van der Waals surface area contributed by atoms with E-state index in [4.69, 9.17) is 5.73 Å². The van der Waals surface area contributed by atoms with Gasteiger partial charge in [0.1, 0.15) is 5.69 Å². The number of carbonyl (C=O) groups is 2. The molecule has 1 aromatic carbocycles. The van der Waals surface area contributed by atoms with Gasteiger partial charge in [0.25, 0.3) is 5.91 Å². The van der Waals surface area contributed by atoms with E-state index in [1.54, 1.807) is 33.8 Å². The predicted molar refractivity (Wildman–Crippen MR) is 103 cm³/mol. The van der Waals surface area contributed by atoms with Gasteiger partial charge >= 0.3 is 0 Å².